The summed E-state index contributed by atoms with van der Waals surface area (Å²) in [6, 6.07) is 15.5. The van der Waals surface area contributed by atoms with Crippen molar-refractivity contribution in [1.29, 1.82) is 0 Å². The number of Topliss-reactive ketones (excluding diaryl/α,β-unsaturated/α-hetero) is 1. The number of nitrogens with zero attached hydrogens (tertiary/aromatic N) is 5. The first kappa shape index (κ1) is 19.3. The number of carbonyl (C=O) groups excluding carboxylic acids is 1. The molecule has 1 aliphatic heterocycles. The molecule has 0 N–H and O–H groups in total. The van der Waals surface area contributed by atoms with Crippen LogP contribution in [0.5, 0.6) is 0 Å². The van der Waals surface area contributed by atoms with Crippen LogP contribution >= 0.6 is 0 Å². The van der Waals surface area contributed by atoms with Crippen LogP contribution in [-0.4, -0.2) is 51.7 Å². The van der Waals surface area contributed by atoms with E-state index in [1.807, 2.05) is 18.2 Å². The molecular weight excluding hydrogens is 397 g/mol. The normalized spacial score (nSPS) is 14.2. The van der Waals surface area contributed by atoms with Gasteiger partial charge in [0.25, 0.3) is 0 Å². The molecule has 5 rings (SSSR count). The maximum atomic E-state index is 14.3. The fraction of sp³-hybridized carbons (Fsp3) is 0.217. The van der Waals surface area contributed by atoms with E-state index in [0.717, 1.165) is 18.9 Å². The molecular formula is C23H20FN5O2. The largest absolute Gasteiger partial charge is 0.378 e. The van der Waals surface area contributed by atoms with Crippen molar-refractivity contribution in [3.63, 3.8) is 0 Å². The summed E-state index contributed by atoms with van der Waals surface area (Å²) >= 11 is 0. The Hall–Kier alpha value is -3.65. The van der Waals surface area contributed by atoms with Crippen LogP contribution in [0.4, 0.5) is 10.2 Å². The van der Waals surface area contributed by atoms with Crippen LogP contribution < -0.4 is 4.90 Å². The fourth-order valence-corrected chi connectivity index (χ4v) is 3.66. The molecule has 4 heterocycles. The summed E-state index contributed by atoms with van der Waals surface area (Å²) in [5, 5.41) is 4.44. The molecule has 31 heavy (non-hydrogen) atoms. The van der Waals surface area contributed by atoms with Gasteiger partial charge in [-0.3, -0.25) is 4.79 Å². The Kier molecular flexibility index (Phi) is 5.13. The van der Waals surface area contributed by atoms with Crippen LogP contribution in [-0.2, 0) is 11.2 Å². The number of anilines is 1. The smallest absolute Gasteiger partial charge is 0.188 e. The maximum Gasteiger partial charge on any atom is 0.188 e. The lowest BCUT2D eigenvalue weighted by Crippen LogP contribution is -2.36. The van der Waals surface area contributed by atoms with Crippen molar-refractivity contribution >= 4 is 17.2 Å². The average molecular weight is 417 g/mol. The lowest BCUT2D eigenvalue weighted by Gasteiger charge is -2.28. The number of rotatable bonds is 5. The Bertz CT molecular complexity index is 1250. The van der Waals surface area contributed by atoms with Gasteiger partial charge in [-0.2, -0.15) is 5.10 Å². The number of ether oxygens (including phenoxy) is 1. The zero-order valence-corrected chi connectivity index (χ0v) is 16.7. The number of imidazole rings is 1. The molecule has 0 atom stereocenters. The minimum Gasteiger partial charge on any atom is -0.378 e. The van der Waals surface area contributed by atoms with Crippen LogP contribution in [0.1, 0.15) is 16.2 Å². The molecule has 7 nitrogen and oxygen atoms in total. The molecule has 3 aromatic heterocycles. The molecule has 8 heteroatoms. The van der Waals surface area contributed by atoms with Crippen molar-refractivity contribution in [3.8, 4) is 11.3 Å². The molecule has 0 unspecified atom stereocenters. The van der Waals surface area contributed by atoms with Gasteiger partial charge in [0.1, 0.15) is 17.3 Å². The number of carbonyl (C=O) groups is 1. The highest BCUT2D eigenvalue weighted by atomic mass is 19.1. The molecule has 156 valence electrons. The summed E-state index contributed by atoms with van der Waals surface area (Å²) in [5.41, 5.74) is 2.38. The van der Waals surface area contributed by atoms with Gasteiger partial charge in [0.2, 0.25) is 0 Å². The number of morpholine rings is 1. The zero-order chi connectivity index (χ0) is 21.2. The van der Waals surface area contributed by atoms with E-state index in [2.05, 4.69) is 20.0 Å². The second-order valence-corrected chi connectivity index (χ2v) is 7.30. The van der Waals surface area contributed by atoms with E-state index in [-0.39, 0.29) is 23.7 Å². The third-order valence-electron chi connectivity index (χ3n) is 5.27. The molecule has 1 fully saturated rings. The maximum absolute atomic E-state index is 14.3. The molecule has 0 saturated carbocycles. The summed E-state index contributed by atoms with van der Waals surface area (Å²) in [6.45, 7) is 2.90. The van der Waals surface area contributed by atoms with Crippen LogP contribution in [0.2, 0.25) is 0 Å². The average Bonchev–Trinajstić information content (AvgIpc) is 3.23. The molecule has 1 aliphatic rings. The van der Waals surface area contributed by atoms with Gasteiger partial charge in [0.15, 0.2) is 11.4 Å². The second kappa shape index (κ2) is 8.23. The number of hydrogen-bond donors (Lipinski definition) is 0. The van der Waals surface area contributed by atoms with Gasteiger partial charge in [-0.1, -0.05) is 18.2 Å². The van der Waals surface area contributed by atoms with E-state index in [9.17, 15) is 9.18 Å². The predicted octanol–water partition coefficient (Wildman–Crippen LogP) is 3.19. The summed E-state index contributed by atoms with van der Waals surface area (Å²) < 4.78 is 21.2. The van der Waals surface area contributed by atoms with Gasteiger partial charge in [-0.05, 0) is 36.4 Å². The minimum atomic E-state index is -0.369. The Balaban J connectivity index is 1.41. The number of ketones is 1. The highest BCUT2D eigenvalue weighted by Gasteiger charge is 2.17. The highest BCUT2D eigenvalue weighted by molar-refractivity contribution is 5.95. The van der Waals surface area contributed by atoms with Gasteiger partial charge < -0.3 is 9.64 Å². The van der Waals surface area contributed by atoms with E-state index >= 15 is 0 Å². The minimum absolute atomic E-state index is 0.125. The van der Waals surface area contributed by atoms with Gasteiger partial charge in [-0.25, -0.2) is 18.9 Å². The molecule has 0 radical (unpaired) electrons. The molecule has 0 bridgehead atoms. The van der Waals surface area contributed by atoms with E-state index in [0.29, 0.717) is 35.8 Å². The van der Waals surface area contributed by atoms with Crippen molar-refractivity contribution < 1.29 is 13.9 Å². The number of benzene rings is 1. The van der Waals surface area contributed by atoms with Crippen molar-refractivity contribution in [2.75, 3.05) is 31.2 Å². The summed E-state index contributed by atoms with van der Waals surface area (Å²) in [7, 11) is 0. The Labute approximate surface area is 178 Å². The van der Waals surface area contributed by atoms with Crippen LogP contribution in [0.3, 0.4) is 0 Å². The van der Waals surface area contributed by atoms with E-state index in [1.54, 1.807) is 36.5 Å². The third kappa shape index (κ3) is 3.89. The van der Waals surface area contributed by atoms with Gasteiger partial charge in [0, 0.05) is 18.7 Å². The first-order valence-electron chi connectivity index (χ1n) is 10.1. The number of fused-ring (bicyclic) bond motifs is 1. The SMILES string of the molecule is O=C(Cc1cccc(N2CCOCC2)n1)c1ccc2ncc(-c3ccccc3F)n2n1. The van der Waals surface area contributed by atoms with Crippen LogP contribution in [0.15, 0.2) is 60.8 Å². The number of aromatic nitrogens is 4. The molecule has 4 aromatic rings. The first-order valence-corrected chi connectivity index (χ1v) is 10.1. The monoisotopic (exact) mass is 417 g/mol. The predicted molar refractivity (Wildman–Crippen MR) is 114 cm³/mol. The van der Waals surface area contributed by atoms with E-state index in [4.69, 9.17) is 4.74 Å². The summed E-state index contributed by atoms with van der Waals surface area (Å²) in [5.74, 6) is 0.308. The molecule has 1 saturated heterocycles. The van der Waals surface area contributed by atoms with Gasteiger partial charge in [-0.15, -0.1) is 0 Å². The Morgan fingerprint density at radius 2 is 1.87 bits per heavy atom. The standard InChI is InChI=1S/C23H20FN5O2/c24-18-6-2-1-5-17(18)20-15-25-22-9-8-19(27-29(20)22)21(30)14-16-4-3-7-23(26-16)28-10-12-31-13-11-28/h1-9,15H,10-14H2. The number of hydrogen-bond acceptors (Lipinski definition) is 6. The third-order valence-corrected chi connectivity index (χ3v) is 5.27. The van der Waals surface area contributed by atoms with Gasteiger partial charge in [0.05, 0.1) is 37.2 Å². The van der Waals surface area contributed by atoms with Crippen LogP contribution in [0, 0.1) is 5.82 Å². The fourth-order valence-electron chi connectivity index (χ4n) is 3.66. The summed E-state index contributed by atoms with van der Waals surface area (Å²) in [6.07, 6.45) is 1.68. The lowest BCUT2D eigenvalue weighted by atomic mass is 10.1. The zero-order valence-electron chi connectivity index (χ0n) is 16.7. The first-order chi connectivity index (χ1) is 15.2. The lowest BCUT2D eigenvalue weighted by molar-refractivity contribution is 0.0985. The Morgan fingerprint density at radius 3 is 2.71 bits per heavy atom. The Morgan fingerprint density at radius 1 is 1.03 bits per heavy atom. The highest BCUT2D eigenvalue weighted by Crippen LogP contribution is 2.23. The molecule has 0 amide bonds. The van der Waals surface area contributed by atoms with Gasteiger partial charge >= 0.3 is 0 Å². The molecule has 0 spiro atoms. The quantitative estimate of drug-likeness (QED) is 0.465. The second-order valence-electron chi connectivity index (χ2n) is 7.30. The van der Waals surface area contributed by atoms with E-state index < -0.39 is 0 Å². The topological polar surface area (TPSA) is 72.6 Å². The van der Waals surface area contributed by atoms with Crippen LogP contribution in [0.25, 0.3) is 16.9 Å². The van der Waals surface area contributed by atoms with Crippen molar-refractivity contribution in [2.45, 2.75) is 6.42 Å². The number of halogens is 1. The van der Waals surface area contributed by atoms with E-state index in [1.165, 1.54) is 10.6 Å². The number of pyridine rings is 1. The van der Waals surface area contributed by atoms with Crippen molar-refractivity contribution in [3.05, 3.63) is 78.0 Å². The van der Waals surface area contributed by atoms with Crippen molar-refractivity contribution in [2.24, 2.45) is 0 Å². The molecule has 1 aromatic carbocycles. The summed E-state index contributed by atoms with van der Waals surface area (Å²) in [4.78, 5) is 24.0. The van der Waals surface area contributed by atoms with Crippen molar-refractivity contribution in [1.82, 2.24) is 19.6 Å². The molecule has 0 aliphatic carbocycles.